The highest BCUT2D eigenvalue weighted by molar-refractivity contribution is 5.81. The number of carbonyl (C=O) groups excluding carboxylic acids is 1. The number of likely N-dealkylation sites (N-methyl/N-ethyl adjacent to an activating group) is 2. The minimum Gasteiger partial charge on any atom is -0.365 e. The quantitative estimate of drug-likeness (QED) is 0.851. The third-order valence-electron chi connectivity index (χ3n) is 2.87. The Morgan fingerprint density at radius 2 is 1.89 bits per heavy atom. The van der Waals surface area contributed by atoms with Crippen LogP contribution in [0.2, 0.25) is 0 Å². The largest absolute Gasteiger partial charge is 0.365 e. The van der Waals surface area contributed by atoms with Gasteiger partial charge in [0.15, 0.2) is 0 Å². The molecule has 19 heavy (non-hydrogen) atoms. The monoisotopic (exact) mass is 263 g/mol. The maximum atomic E-state index is 11.5. The Balaban J connectivity index is 2.80. The zero-order valence-electron chi connectivity index (χ0n) is 12.6. The van der Waals surface area contributed by atoms with Crippen molar-refractivity contribution in [3.63, 3.8) is 0 Å². The van der Waals surface area contributed by atoms with Crippen LogP contribution in [0.5, 0.6) is 0 Å². The average molecular weight is 263 g/mol. The molecule has 0 radical (unpaired) electrons. The number of carbonyl (C=O) groups is 1. The highest BCUT2D eigenvalue weighted by atomic mass is 16.1. The smallest absolute Gasteiger partial charge is 0.239 e. The highest BCUT2D eigenvalue weighted by Gasteiger charge is 2.13. The first-order chi connectivity index (χ1) is 8.83. The van der Waals surface area contributed by atoms with E-state index in [1.54, 1.807) is 7.05 Å². The van der Waals surface area contributed by atoms with Crippen molar-refractivity contribution < 1.29 is 4.79 Å². The summed E-state index contributed by atoms with van der Waals surface area (Å²) in [6, 6.07) is 8.16. The Kier molecular flexibility index (Phi) is 5.36. The Morgan fingerprint density at radius 1 is 1.26 bits per heavy atom. The van der Waals surface area contributed by atoms with E-state index in [4.69, 9.17) is 0 Å². The normalized spacial score (nSPS) is 11.2. The fourth-order valence-electron chi connectivity index (χ4n) is 1.77. The molecular weight excluding hydrogens is 238 g/mol. The van der Waals surface area contributed by atoms with E-state index in [-0.39, 0.29) is 11.4 Å². The number of nitrogens with zero attached hydrogens (tertiary/aromatic N) is 1. The van der Waals surface area contributed by atoms with Gasteiger partial charge in [0, 0.05) is 31.9 Å². The molecule has 4 nitrogen and oxygen atoms in total. The lowest BCUT2D eigenvalue weighted by molar-refractivity contribution is -0.119. The lowest BCUT2D eigenvalue weighted by Gasteiger charge is -2.25. The Hall–Kier alpha value is -1.55. The summed E-state index contributed by atoms with van der Waals surface area (Å²) in [5, 5.41) is 6.12. The summed E-state index contributed by atoms with van der Waals surface area (Å²) in [7, 11) is 3.59. The molecule has 0 heterocycles. The van der Waals surface area contributed by atoms with E-state index in [2.05, 4.69) is 37.5 Å². The third kappa shape index (κ3) is 5.30. The van der Waals surface area contributed by atoms with Gasteiger partial charge in [0.25, 0.3) is 0 Å². The molecule has 0 saturated heterocycles. The van der Waals surface area contributed by atoms with Gasteiger partial charge in [0.2, 0.25) is 5.91 Å². The predicted molar refractivity (Wildman–Crippen MR) is 80.4 cm³/mol. The van der Waals surface area contributed by atoms with E-state index in [1.807, 2.05) is 30.1 Å². The molecule has 0 fully saturated rings. The minimum atomic E-state index is 0.0149. The van der Waals surface area contributed by atoms with Gasteiger partial charge >= 0.3 is 0 Å². The van der Waals surface area contributed by atoms with Crippen LogP contribution in [0.3, 0.4) is 0 Å². The first-order valence-electron chi connectivity index (χ1n) is 6.58. The van der Waals surface area contributed by atoms with Crippen LogP contribution in [0.4, 0.5) is 5.69 Å². The summed E-state index contributed by atoms with van der Waals surface area (Å²) >= 11 is 0. The van der Waals surface area contributed by atoms with E-state index in [9.17, 15) is 4.79 Å². The molecule has 0 saturated carbocycles. The van der Waals surface area contributed by atoms with Crippen molar-refractivity contribution in [1.29, 1.82) is 0 Å². The molecule has 0 spiro atoms. The van der Waals surface area contributed by atoms with Crippen LogP contribution in [0.25, 0.3) is 0 Å². The molecule has 0 aliphatic heterocycles. The molecule has 1 aromatic carbocycles. The molecule has 1 rings (SSSR count). The van der Waals surface area contributed by atoms with Gasteiger partial charge in [0.05, 0.1) is 6.54 Å². The summed E-state index contributed by atoms with van der Waals surface area (Å²) in [6.07, 6.45) is 0. The number of para-hydroxylation sites is 1. The van der Waals surface area contributed by atoms with E-state index in [0.717, 1.165) is 12.2 Å². The van der Waals surface area contributed by atoms with Crippen molar-refractivity contribution >= 4 is 11.6 Å². The second kappa shape index (κ2) is 6.57. The van der Waals surface area contributed by atoms with Crippen LogP contribution < -0.4 is 15.5 Å². The van der Waals surface area contributed by atoms with Gasteiger partial charge in [-0.3, -0.25) is 4.79 Å². The standard InChI is InChI=1S/C15H25N3O/c1-15(2,3)17-10-12-8-6-7-9-13(12)18(5)11-14(19)16-4/h6-9,17H,10-11H2,1-5H3,(H,16,19). The zero-order valence-corrected chi connectivity index (χ0v) is 12.6. The number of hydrogen-bond donors (Lipinski definition) is 2. The minimum absolute atomic E-state index is 0.0149. The van der Waals surface area contributed by atoms with Crippen molar-refractivity contribution in [2.45, 2.75) is 32.9 Å². The summed E-state index contributed by atoms with van der Waals surface area (Å²) in [5.41, 5.74) is 2.36. The number of nitrogens with one attached hydrogen (secondary N) is 2. The molecule has 0 bridgehead atoms. The summed E-state index contributed by atoms with van der Waals surface area (Å²) < 4.78 is 0. The maximum absolute atomic E-state index is 11.5. The Morgan fingerprint density at radius 3 is 2.47 bits per heavy atom. The number of hydrogen-bond acceptors (Lipinski definition) is 3. The summed E-state index contributed by atoms with van der Waals surface area (Å²) in [6.45, 7) is 7.58. The molecular formula is C15H25N3O. The number of amides is 1. The van der Waals surface area contributed by atoms with Gasteiger partial charge < -0.3 is 15.5 Å². The first-order valence-corrected chi connectivity index (χ1v) is 6.58. The Bertz CT molecular complexity index is 424. The van der Waals surface area contributed by atoms with Crippen LogP contribution in [0, 0.1) is 0 Å². The molecule has 1 amide bonds. The zero-order chi connectivity index (χ0) is 14.5. The second-order valence-electron chi connectivity index (χ2n) is 5.76. The van der Waals surface area contributed by atoms with E-state index < -0.39 is 0 Å². The topological polar surface area (TPSA) is 44.4 Å². The second-order valence-corrected chi connectivity index (χ2v) is 5.76. The lowest BCUT2D eigenvalue weighted by Crippen LogP contribution is -2.36. The van der Waals surface area contributed by atoms with Gasteiger partial charge in [-0.05, 0) is 32.4 Å². The highest BCUT2D eigenvalue weighted by Crippen LogP contribution is 2.19. The third-order valence-corrected chi connectivity index (χ3v) is 2.87. The van der Waals surface area contributed by atoms with E-state index >= 15 is 0 Å². The molecule has 0 aliphatic carbocycles. The maximum Gasteiger partial charge on any atom is 0.239 e. The molecule has 2 N–H and O–H groups in total. The fourth-order valence-corrected chi connectivity index (χ4v) is 1.77. The van der Waals surface area contributed by atoms with Crippen molar-refractivity contribution in [3.8, 4) is 0 Å². The number of anilines is 1. The van der Waals surface area contributed by atoms with Crippen LogP contribution >= 0.6 is 0 Å². The number of rotatable bonds is 5. The van der Waals surface area contributed by atoms with Crippen molar-refractivity contribution in [2.24, 2.45) is 0 Å². The van der Waals surface area contributed by atoms with Gasteiger partial charge in [-0.25, -0.2) is 0 Å². The van der Waals surface area contributed by atoms with E-state index in [0.29, 0.717) is 6.54 Å². The number of benzene rings is 1. The van der Waals surface area contributed by atoms with Crippen LogP contribution in [-0.4, -0.2) is 32.1 Å². The SMILES string of the molecule is CNC(=O)CN(C)c1ccccc1CNC(C)(C)C. The molecule has 4 heteroatoms. The molecule has 1 aromatic rings. The van der Waals surface area contributed by atoms with Gasteiger partial charge in [-0.15, -0.1) is 0 Å². The van der Waals surface area contributed by atoms with Gasteiger partial charge in [0.1, 0.15) is 0 Å². The molecule has 0 atom stereocenters. The fraction of sp³-hybridized carbons (Fsp3) is 0.533. The molecule has 0 aromatic heterocycles. The van der Waals surface area contributed by atoms with Crippen molar-refractivity contribution in [2.75, 3.05) is 25.5 Å². The van der Waals surface area contributed by atoms with Crippen LogP contribution in [0.1, 0.15) is 26.3 Å². The molecule has 0 aliphatic rings. The van der Waals surface area contributed by atoms with Gasteiger partial charge in [-0.1, -0.05) is 18.2 Å². The Labute approximate surface area is 116 Å². The van der Waals surface area contributed by atoms with Crippen LogP contribution in [0.15, 0.2) is 24.3 Å². The lowest BCUT2D eigenvalue weighted by atomic mass is 10.1. The first kappa shape index (κ1) is 15.5. The van der Waals surface area contributed by atoms with Crippen LogP contribution in [-0.2, 0) is 11.3 Å². The molecule has 0 unspecified atom stereocenters. The summed E-state index contributed by atoms with van der Waals surface area (Å²) in [5.74, 6) is 0.0149. The summed E-state index contributed by atoms with van der Waals surface area (Å²) in [4.78, 5) is 13.4. The van der Waals surface area contributed by atoms with Gasteiger partial charge in [-0.2, -0.15) is 0 Å². The van der Waals surface area contributed by atoms with E-state index in [1.165, 1.54) is 5.56 Å². The average Bonchev–Trinajstić information content (AvgIpc) is 2.35. The van der Waals surface area contributed by atoms with Crippen molar-refractivity contribution in [1.82, 2.24) is 10.6 Å². The van der Waals surface area contributed by atoms with Crippen molar-refractivity contribution in [3.05, 3.63) is 29.8 Å². The predicted octanol–water partition coefficient (Wildman–Crippen LogP) is 1.76. The molecule has 106 valence electrons.